The number of rotatable bonds is 9. The Bertz CT molecular complexity index is 487. The fraction of sp³-hybridized carbons (Fsp3) is 0.467. The molecule has 1 aromatic rings. The summed E-state index contributed by atoms with van der Waals surface area (Å²) in [6, 6.07) is 5.54. The Morgan fingerprint density at radius 1 is 1.19 bits per heavy atom. The highest BCUT2D eigenvalue weighted by molar-refractivity contribution is 5.76. The fourth-order valence-electron chi connectivity index (χ4n) is 1.91. The summed E-state index contributed by atoms with van der Waals surface area (Å²) < 4.78 is 10.4. The molecular weight excluding hydrogens is 274 g/mol. The first-order valence-electron chi connectivity index (χ1n) is 6.76. The highest BCUT2D eigenvalue weighted by Gasteiger charge is 2.07. The number of aryl methyl sites for hydroxylation is 1. The fourth-order valence-corrected chi connectivity index (χ4v) is 1.91. The summed E-state index contributed by atoms with van der Waals surface area (Å²) in [4.78, 5) is 21.9. The Hall–Kier alpha value is -2.24. The molecule has 6 nitrogen and oxygen atoms in total. The molecule has 6 heteroatoms. The van der Waals surface area contributed by atoms with Gasteiger partial charge in [0.05, 0.1) is 20.6 Å². The van der Waals surface area contributed by atoms with E-state index in [4.69, 9.17) is 14.6 Å². The standard InChI is InChI=1S/C15H21NO5/c1-20-12-6-7-13(21-2)11(10-12)4-3-5-14(17)16-9-8-15(18)19/h6-7,10H,3-5,8-9H2,1-2H3,(H,16,17)(H,18,19). The van der Waals surface area contributed by atoms with Crippen molar-refractivity contribution < 1.29 is 24.2 Å². The molecule has 0 bridgehead atoms. The molecule has 1 amide bonds. The lowest BCUT2D eigenvalue weighted by Crippen LogP contribution is -2.25. The predicted molar refractivity (Wildman–Crippen MR) is 77.7 cm³/mol. The highest BCUT2D eigenvalue weighted by atomic mass is 16.5. The van der Waals surface area contributed by atoms with Crippen LogP contribution < -0.4 is 14.8 Å². The van der Waals surface area contributed by atoms with Gasteiger partial charge >= 0.3 is 5.97 Å². The van der Waals surface area contributed by atoms with Crippen molar-refractivity contribution in [2.24, 2.45) is 0 Å². The van der Waals surface area contributed by atoms with Crippen LogP contribution in [0.1, 0.15) is 24.8 Å². The second-order valence-electron chi connectivity index (χ2n) is 4.53. The summed E-state index contributed by atoms with van der Waals surface area (Å²) in [7, 11) is 3.20. The number of amides is 1. The summed E-state index contributed by atoms with van der Waals surface area (Å²) in [6.45, 7) is 0.163. The van der Waals surface area contributed by atoms with Crippen LogP contribution in [0.3, 0.4) is 0 Å². The normalized spacial score (nSPS) is 10.0. The predicted octanol–water partition coefficient (Wildman–Crippen LogP) is 1.62. The van der Waals surface area contributed by atoms with Gasteiger partial charge in [0, 0.05) is 13.0 Å². The third-order valence-electron chi connectivity index (χ3n) is 3.00. The van der Waals surface area contributed by atoms with Crippen LogP contribution in [0.2, 0.25) is 0 Å². The molecule has 0 unspecified atom stereocenters. The number of hydrogen-bond donors (Lipinski definition) is 2. The van der Waals surface area contributed by atoms with Gasteiger partial charge in [0.25, 0.3) is 0 Å². The molecule has 0 aliphatic heterocycles. The van der Waals surface area contributed by atoms with E-state index >= 15 is 0 Å². The average Bonchev–Trinajstić information content (AvgIpc) is 2.46. The summed E-state index contributed by atoms with van der Waals surface area (Å²) in [5.41, 5.74) is 0.982. The molecule has 116 valence electrons. The molecule has 2 N–H and O–H groups in total. The monoisotopic (exact) mass is 295 g/mol. The van der Waals surface area contributed by atoms with Gasteiger partial charge in [-0.1, -0.05) is 0 Å². The molecule has 0 atom stereocenters. The first-order valence-corrected chi connectivity index (χ1v) is 6.76. The minimum atomic E-state index is -0.920. The van der Waals surface area contributed by atoms with Gasteiger partial charge < -0.3 is 19.9 Å². The van der Waals surface area contributed by atoms with E-state index in [1.165, 1.54) is 0 Å². The number of hydrogen-bond acceptors (Lipinski definition) is 4. The van der Waals surface area contributed by atoms with Gasteiger partial charge in [-0.15, -0.1) is 0 Å². The van der Waals surface area contributed by atoms with Crippen molar-refractivity contribution in [3.8, 4) is 11.5 Å². The number of ether oxygens (including phenoxy) is 2. The van der Waals surface area contributed by atoms with Gasteiger partial charge in [0.1, 0.15) is 11.5 Å². The smallest absolute Gasteiger partial charge is 0.305 e. The minimum Gasteiger partial charge on any atom is -0.497 e. The van der Waals surface area contributed by atoms with Gasteiger partial charge in [-0.05, 0) is 36.6 Å². The van der Waals surface area contributed by atoms with Crippen molar-refractivity contribution in [1.29, 1.82) is 0 Å². The van der Waals surface area contributed by atoms with Gasteiger partial charge in [0.2, 0.25) is 5.91 Å². The second kappa shape index (κ2) is 8.84. The van der Waals surface area contributed by atoms with Crippen LogP contribution in [-0.2, 0) is 16.0 Å². The molecule has 21 heavy (non-hydrogen) atoms. The molecule has 0 heterocycles. The Labute approximate surface area is 124 Å². The second-order valence-corrected chi connectivity index (χ2v) is 4.53. The molecule has 0 saturated heterocycles. The number of benzene rings is 1. The number of carboxylic acids is 1. The molecule has 0 aliphatic carbocycles. The van der Waals surface area contributed by atoms with Crippen molar-refractivity contribution in [3.63, 3.8) is 0 Å². The van der Waals surface area contributed by atoms with E-state index in [2.05, 4.69) is 5.32 Å². The summed E-state index contributed by atoms with van der Waals surface area (Å²) >= 11 is 0. The summed E-state index contributed by atoms with van der Waals surface area (Å²) in [5, 5.41) is 11.1. The molecule has 1 aromatic carbocycles. The van der Waals surface area contributed by atoms with Crippen LogP contribution in [0, 0.1) is 0 Å². The molecule has 1 rings (SSSR count). The van der Waals surface area contributed by atoms with Crippen LogP contribution in [0.25, 0.3) is 0 Å². The number of aliphatic carboxylic acids is 1. The van der Waals surface area contributed by atoms with Crippen LogP contribution in [0.4, 0.5) is 0 Å². The SMILES string of the molecule is COc1ccc(OC)c(CCCC(=O)NCCC(=O)O)c1. The number of nitrogens with one attached hydrogen (secondary N) is 1. The highest BCUT2D eigenvalue weighted by Crippen LogP contribution is 2.25. The zero-order chi connectivity index (χ0) is 15.7. The van der Waals surface area contributed by atoms with E-state index < -0.39 is 5.97 Å². The summed E-state index contributed by atoms with van der Waals surface area (Å²) in [5.74, 6) is 0.452. The first-order chi connectivity index (χ1) is 10.1. The van der Waals surface area contributed by atoms with Crippen LogP contribution in [0.5, 0.6) is 11.5 Å². The maximum absolute atomic E-state index is 11.5. The lowest BCUT2D eigenvalue weighted by molar-refractivity contribution is -0.136. The number of carboxylic acid groups (broad SMARTS) is 1. The zero-order valence-corrected chi connectivity index (χ0v) is 12.3. The van der Waals surface area contributed by atoms with Crippen molar-refractivity contribution in [1.82, 2.24) is 5.32 Å². The topological polar surface area (TPSA) is 84.9 Å². The Balaban J connectivity index is 2.41. The zero-order valence-electron chi connectivity index (χ0n) is 12.3. The largest absolute Gasteiger partial charge is 0.497 e. The van der Waals surface area contributed by atoms with Crippen LogP contribution >= 0.6 is 0 Å². The van der Waals surface area contributed by atoms with E-state index in [1.807, 2.05) is 18.2 Å². The minimum absolute atomic E-state index is 0.0601. The third-order valence-corrected chi connectivity index (χ3v) is 3.00. The molecule has 0 saturated carbocycles. The first kappa shape index (κ1) is 16.8. The van der Waals surface area contributed by atoms with E-state index in [0.29, 0.717) is 19.3 Å². The summed E-state index contributed by atoms with van der Waals surface area (Å²) in [6.07, 6.45) is 1.63. The number of carbonyl (C=O) groups is 2. The average molecular weight is 295 g/mol. The molecule has 0 aromatic heterocycles. The van der Waals surface area contributed by atoms with Gasteiger partial charge in [0.15, 0.2) is 0 Å². The molecular formula is C15H21NO5. The lowest BCUT2D eigenvalue weighted by atomic mass is 10.1. The molecule has 0 fully saturated rings. The van der Waals surface area contributed by atoms with E-state index in [1.54, 1.807) is 14.2 Å². The molecule has 0 spiro atoms. The van der Waals surface area contributed by atoms with Crippen molar-refractivity contribution in [2.75, 3.05) is 20.8 Å². The van der Waals surface area contributed by atoms with Gasteiger partial charge in [-0.3, -0.25) is 9.59 Å². The van der Waals surface area contributed by atoms with Crippen molar-refractivity contribution in [3.05, 3.63) is 23.8 Å². The molecule has 0 radical (unpaired) electrons. The Morgan fingerprint density at radius 3 is 2.57 bits per heavy atom. The Kier molecular flexibility index (Phi) is 7.08. The van der Waals surface area contributed by atoms with Gasteiger partial charge in [-0.2, -0.15) is 0 Å². The van der Waals surface area contributed by atoms with Crippen LogP contribution in [0.15, 0.2) is 18.2 Å². The van der Waals surface area contributed by atoms with Crippen LogP contribution in [-0.4, -0.2) is 37.7 Å². The lowest BCUT2D eigenvalue weighted by Gasteiger charge is -2.10. The third kappa shape index (κ3) is 6.16. The van der Waals surface area contributed by atoms with Crippen molar-refractivity contribution in [2.45, 2.75) is 25.7 Å². The van der Waals surface area contributed by atoms with Gasteiger partial charge in [-0.25, -0.2) is 0 Å². The number of carbonyl (C=O) groups excluding carboxylic acids is 1. The van der Waals surface area contributed by atoms with E-state index in [9.17, 15) is 9.59 Å². The van der Waals surface area contributed by atoms with E-state index in [-0.39, 0.29) is 18.9 Å². The quantitative estimate of drug-likeness (QED) is 0.723. The van der Waals surface area contributed by atoms with Crippen molar-refractivity contribution >= 4 is 11.9 Å². The maximum atomic E-state index is 11.5. The number of methoxy groups -OCH3 is 2. The Morgan fingerprint density at radius 2 is 1.95 bits per heavy atom. The van der Waals surface area contributed by atoms with E-state index in [0.717, 1.165) is 17.1 Å². The maximum Gasteiger partial charge on any atom is 0.305 e. The molecule has 0 aliphatic rings.